The Kier molecular flexibility index (Phi) is 5.98. The van der Waals surface area contributed by atoms with Gasteiger partial charge in [0.1, 0.15) is 4.90 Å². The topological polar surface area (TPSA) is 63.4 Å². The number of thioether (sulfide) groups is 1. The lowest BCUT2D eigenvalue weighted by molar-refractivity contribution is 0.488. The van der Waals surface area contributed by atoms with Gasteiger partial charge in [0, 0.05) is 34.0 Å². The molecular formula is C10H14Br2N2O2S2. The quantitative estimate of drug-likeness (QED) is 0.748. The summed E-state index contributed by atoms with van der Waals surface area (Å²) in [5.41, 5.74) is 6.16. The fourth-order valence-electron chi connectivity index (χ4n) is 1.32. The zero-order valence-corrected chi connectivity index (χ0v) is 14.8. The SMILES string of the molecule is CSCCN(C)S(=O)(=O)c1c(Br)cc(N)cc1Br. The maximum Gasteiger partial charge on any atom is 0.245 e. The Morgan fingerprint density at radius 2 is 1.83 bits per heavy atom. The zero-order valence-electron chi connectivity index (χ0n) is 9.98. The van der Waals surface area contributed by atoms with E-state index in [2.05, 4.69) is 31.9 Å². The minimum absolute atomic E-state index is 0.209. The first kappa shape index (κ1) is 16.3. The summed E-state index contributed by atoms with van der Waals surface area (Å²) >= 11 is 8.10. The third-order valence-corrected chi connectivity index (χ3v) is 6.62. The van der Waals surface area contributed by atoms with E-state index in [4.69, 9.17) is 5.73 Å². The Balaban J connectivity index is 3.20. The van der Waals surface area contributed by atoms with Crippen molar-refractivity contribution in [1.29, 1.82) is 0 Å². The van der Waals surface area contributed by atoms with Gasteiger partial charge < -0.3 is 5.73 Å². The van der Waals surface area contributed by atoms with Crippen LogP contribution in [0.15, 0.2) is 26.0 Å². The maximum absolute atomic E-state index is 12.4. The molecule has 2 N–H and O–H groups in total. The van der Waals surface area contributed by atoms with E-state index >= 15 is 0 Å². The largest absolute Gasteiger partial charge is 0.399 e. The molecule has 1 rings (SSSR count). The van der Waals surface area contributed by atoms with E-state index in [0.29, 0.717) is 21.2 Å². The monoisotopic (exact) mass is 416 g/mol. The predicted molar refractivity (Wildman–Crippen MR) is 84.5 cm³/mol. The number of rotatable bonds is 5. The van der Waals surface area contributed by atoms with E-state index in [-0.39, 0.29) is 4.90 Å². The van der Waals surface area contributed by atoms with Crippen molar-refractivity contribution >= 4 is 59.3 Å². The summed E-state index contributed by atoms with van der Waals surface area (Å²) in [7, 11) is -1.95. The van der Waals surface area contributed by atoms with Crippen LogP contribution in [0.3, 0.4) is 0 Å². The van der Waals surface area contributed by atoms with Crippen LogP contribution in [0.5, 0.6) is 0 Å². The fourth-order valence-corrected chi connectivity index (χ4v) is 5.60. The van der Waals surface area contributed by atoms with E-state index in [1.54, 1.807) is 30.9 Å². The molecule has 1 aromatic carbocycles. The number of nitrogens with two attached hydrogens (primary N) is 1. The third kappa shape index (κ3) is 3.63. The summed E-state index contributed by atoms with van der Waals surface area (Å²) in [6.07, 6.45) is 1.94. The van der Waals surface area contributed by atoms with Crippen LogP contribution in [-0.4, -0.2) is 38.3 Å². The minimum atomic E-state index is -3.52. The Labute approximate surface area is 129 Å². The van der Waals surface area contributed by atoms with Crippen molar-refractivity contribution in [2.45, 2.75) is 4.90 Å². The maximum atomic E-state index is 12.4. The van der Waals surface area contributed by atoms with Crippen molar-refractivity contribution in [3.8, 4) is 0 Å². The molecule has 0 spiro atoms. The van der Waals surface area contributed by atoms with E-state index in [0.717, 1.165) is 5.75 Å². The molecule has 0 amide bonds. The van der Waals surface area contributed by atoms with Gasteiger partial charge in [0.05, 0.1) is 0 Å². The third-order valence-electron chi connectivity index (χ3n) is 2.30. The van der Waals surface area contributed by atoms with Gasteiger partial charge in [-0.15, -0.1) is 0 Å². The molecule has 0 aliphatic rings. The van der Waals surface area contributed by atoms with Crippen molar-refractivity contribution in [2.75, 3.05) is 31.3 Å². The fraction of sp³-hybridized carbons (Fsp3) is 0.400. The van der Waals surface area contributed by atoms with Crippen LogP contribution in [0, 0.1) is 0 Å². The van der Waals surface area contributed by atoms with Crippen LogP contribution < -0.4 is 5.73 Å². The Morgan fingerprint density at radius 3 is 2.28 bits per heavy atom. The van der Waals surface area contributed by atoms with Crippen LogP contribution in [0.1, 0.15) is 0 Å². The number of nitrogen functional groups attached to an aromatic ring is 1. The van der Waals surface area contributed by atoms with Crippen molar-refractivity contribution < 1.29 is 8.42 Å². The Hall–Kier alpha value is 0.240. The highest BCUT2D eigenvalue weighted by atomic mass is 79.9. The molecule has 0 saturated heterocycles. The number of hydrogen-bond acceptors (Lipinski definition) is 4. The van der Waals surface area contributed by atoms with Gasteiger partial charge in [-0.1, -0.05) is 0 Å². The van der Waals surface area contributed by atoms with Gasteiger partial charge in [-0.3, -0.25) is 0 Å². The standard InChI is InChI=1S/C10H14Br2N2O2S2/c1-14(3-4-17-2)18(15,16)10-8(11)5-7(13)6-9(10)12/h5-6H,3-4,13H2,1-2H3. The molecule has 18 heavy (non-hydrogen) atoms. The van der Waals surface area contributed by atoms with Crippen molar-refractivity contribution in [2.24, 2.45) is 0 Å². The van der Waals surface area contributed by atoms with Crippen molar-refractivity contribution in [3.63, 3.8) is 0 Å². The molecule has 0 bridgehead atoms. The molecule has 0 saturated carbocycles. The van der Waals surface area contributed by atoms with Gasteiger partial charge in [-0.25, -0.2) is 12.7 Å². The second-order valence-corrected chi connectivity index (χ2v) is 8.31. The predicted octanol–water partition coefficient (Wildman–Crippen LogP) is 2.78. The molecule has 0 aliphatic carbocycles. The normalized spacial score (nSPS) is 12.1. The molecule has 1 aromatic rings. The number of sulfonamides is 1. The number of benzene rings is 1. The first-order valence-corrected chi connectivity index (χ1v) is 9.42. The molecule has 0 unspecified atom stereocenters. The molecule has 8 heteroatoms. The van der Waals surface area contributed by atoms with E-state index < -0.39 is 10.0 Å². The highest BCUT2D eigenvalue weighted by Gasteiger charge is 2.26. The molecule has 102 valence electrons. The minimum Gasteiger partial charge on any atom is -0.399 e. The van der Waals surface area contributed by atoms with Gasteiger partial charge in [0.25, 0.3) is 0 Å². The average molecular weight is 418 g/mol. The zero-order chi connectivity index (χ0) is 13.9. The summed E-state index contributed by atoms with van der Waals surface area (Å²) in [4.78, 5) is 0.209. The first-order valence-electron chi connectivity index (χ1n) is 5.00. The van der Waals surface area contributed by atoms with Crippen molar-refractivity contribution in [1.82, 2.24) is 4.31 Å². The lowest BCUT2D eigenvalue weighted by atomic mass is 10.3. The van der Waals surface area contributed by atoms with Crippen LogP contribution in [0.2, 0.25) is 0 Å². The molecular weight excluding hydrogens is 404 g/mol. The lowest BCUT2D eigenvalue weighted by Gasteiger charge is -2.18. The first-order chi connectivity index (χ1) is 8.30. The Bertz CT molecular complexity index is 512. The highest BCUT2D eigenvalue weighted by Crippen LogP contribution is 2.33. The van der Waals surface area contributed by atoms with Gasteiger partial charge in [-0.2, -0.15) is 11.8 Å². The van der Waals surface area contributed by atoms with Gasteiger partial charge in [0.2, 0.25) is 10.0 Å². The van der Waals surface area contributed by atoms with E-state index in [9.17, 15) is 8.42 Å². The summed E-state index contributed by atoms with van der Waals surface area (Å²) in [5.74, 6) is 0.750. The summed E-state index contributed by atoms with van der Waals surface area (Å²) in [5, 5.41) is 0. The summed E-state index contributed by atoms with van der Waals surface area (Å²) < 4.78 is 27.1. The van der Waals surface area contributed by atoms with Crippen LogP contribution >= 0.6 is 43.6 Å². The average Bonchev–Trinajstić information content (AvgIpc) is 2.23. The number of halogens is 2. The molecule has 0 aromatic heterocycles. The molecule has 4 nitrogen and oxygen atoms in total. The summed E-state index contributed by atoms with van der Waals surface area (Å²) in [6.45, 7) is 0.465. The second-order valence-electron chi connectivity index (χ2n) is 3.63. The lowest BCUT2D eigenvalue weighted by Crippen LogP contribution is -2.29. The summed E-state index contributed by atoms with van der Waals surface area (Å²) in [6, 6.07) is 3.17. The van der Waals surface area contributed by atoms with Crippen LogP contribution in [-0.2, 0) is 10.0 Å². The van der Waals surface area contributed by atoms with E-state index in [1.807, 2.05) is 6.26 Å². The molecule has 0 fully saturated rings. The van der Waals surface area contributed by atoms with Gasteiger partial charge in [0.15, 0.2) is 0 Å². The van der Waals surface area contributed by atoms with Crippen LogP contribution in [0.4, 0.5) is 5.69 Å². The van der Waals surface area contributed by atoms with Gasteiger partial charge >= 0.3 is 0 Å². The smallest absolute Gasteiger partial charge is 0.245 e. The highest BCUT2D eigenvalue weighted by molar-refractivity contribution is 9.11. The van der Waals surface area contributed by atoms with Gasteiger partial charge in [-0.05, 0) is 50.2 Å². The molecule has 0 radical (unpaired) electrons. The number of anilines is 1. The number of hydrogen-bond donors (Lipinski definition) is 1. The Morgan fingerprint density at radius 1 is 1.33 bits per heavy atom. The van der Waals surface area contributed by atoms with E-state index in [1.165, 1.54) is 4.31 Å². The molecule has 0 atom stereocenters. The molecule has 0 aliphatic heterocycles. The second kappa shape index (κ2) is 6.60. The number of nitrogens with zero attached hydrogens (tertiary/aromatic N) is 1. The van der Waals surface area contributed by atoms with Crippen LogP contribution in [0.25, 0.3) is 0 Å². The molecule has 0 heterocycles. The van der Waals surface area contributed by atoms with Crippen molar-refractivity contribution in [3.05, 3.63) is 21.1 Å².